The Morgan fingerprint density at radius 1 is 1.38 bits per heavy atom. The Bertz CT molecular complexity index is 633. The van der Waals surface area contributed by atoms with Gasteiger partial charge in [-0.3, -0.25) is 9.69 Å². The SMILES string of the molecule is Cl.NCC1(NC(=O)c2ccc(Cl)c(N3CCNC3=O)c2)CCCC1. The number of benzene rings is 1. The molecule has 0 bridgehead atoms. The van der Waals surface area contributed by atoms with E-state index in [4.69, 9.17) is 17.3 Å². The lowest BCUT2D eigenvalue weighted by Gasteiger charge is -2.29. The molecule has 1 saturated carbocycles. The zero-order valence-corrected chi connectivity index (χ0v) is 14.9. The first-order valence-corrected chi connectivity index (χ1v) is 8.30. The van der Waals surface area contributed by atoms with E-state index < -0.39 is 0 Å². The quantitative estimate of drug-likeness (QED) is 0.757. The van der Waals surface area contributed by atoms with Gasteiger partial charge in [0.05, 0.1) is 16.2 Å². The predicted molar refractivity (Wildman–Crippen MR) is 97.2 cm³/mol. The van der Waals surface area contributed by atoms with Crippen molar-refractivity contribution < 1.29 is 9.59 Å². The van der Waals surface area contributed by atoms with Crippen LogP contribution in [-0.2, 0) is 0 Å². The topological polar surface area (TPSA) is 87.5 Å². The zero-order chi connectivity index (χ0) is 16.4. The molecule has 6 nitrogen and oxygen atoms in total. The molecular weight excluding hydrogens is 351 g/mol. The molecule has 1 heterocycles. The number of nitrogens with zero attached hydrogens (tertiary/aromatic N) is 1. The molecule has 0 atom stereocenters. The largest absolute Gasteiger partial charge is 0.345 e. The van der Waals surface area contributed by atoms with E-state index in [1.807, 2.05) is 0 Å². The van der Waals surface area contributed by atoms with E-state index >= 15 is 0 Å². The number of anilines is 1. The van der Waals surface area contributed by atoms with Crippen LogP contribution in [0.1, 0.15) is 36.0 Å². The van der Waals surface area contributed by atoms with Crippen molar-refractivity contribution in [3.63, 3.8) is 0 Å². The van der Waals surface area contributed by atoms with Crippen LogP contribution in [0.2, 0.25) is 5.02 Å². The van der Waals surface area contributed by atoms with Gasteiger partial charge in [-0.25, -0.2) is 4.79 Å². The number of hydrogen-bond acceptors (Lipinski definition) is 3. The van der Waals surface area contributed by atoms with Crippen molar-refractivity contribution >= 4 is 41.6 Å². The summed E-state index contributed by atoms with van der Waals surface area (Å²) >= 11 is 6.20. The first-order chi connectivity index (χ1) is 11.0. The van der Waals surface area contributed by atoms with Crippen LogP contribution >= 0.6 is 24.0 Å². The molecule has 4 N–H and O–H groups in total. The molecule has 1 aromatic rings. The maximum Gasteiger partial charge on any atom is 0.322 e. The van der Waals surface area contributed by atoms with E-state index in [-0.39, 0.29) is 29.9 Å². The summed E-state index contributed by atoms with van der Waals surface area (Å²) < 4.78 is 0. The fourth-order valence-corrected chi connectivity index (χ4v) is 3.53. The second kappa shape index (κ2) is 7.59. The highest BCUT2D eigenvalue weighted by Gasteiger charge is 2.34. The second-order valence-electron chi connectivity index (χ2n) is 6.20. The Kier molecular flexibility index (Phi) is 5.96. The van der Waals surface area contributed by atoms with Crippen LogP contribution in [0.15, 0.2) is 18.2 Å². The smallest absolute Gasteiger partial charge is 0.322 e. The van der Waals surface area contributed by atoms with Gasteiger partial charge in [0, 0.05) is 25.2 Å². The van der Waals surface area contributed by atoms with Gasteiger partial charge in [0.1, 0.15) is 0 Å². The van der Waals surface area contributed by atoms with E-state index in [1.165, 1.54) is 0 Å². The molecule has 2 aliphatic rings. The molecule has 8 heteroatoms. The molecule has 0 spiro atoms. The van der Waals surface area contributed by atoms with E-state index in [0.29, 0.717) is 35.9 Å². The van der Waals surface area contributed by atoms with Crippen molar-refractivity contribution in [3.8, 4) is 0 Å². The van der Waals surface area contributed by atoms with Crippen LogP contribution in [0.5, 0.6) is 0 Å². The Morgan fingerprint density at radius 3 is 2.67 bits per heavy atom. The summed E-state index contributed by atoms with van der Waals surface area (Å²) in [7, 11) is 0. The average Bonchev–Trinajstić information content (AvgIpc) is 3.17. The lowest BCUT2D eigenvalue weighted by atomic mass is 9.97. The Labute approximate surface area is 152 Å². The fraction of sp³-hybridized carbons (Fsp3) is 0.500. The average molecular weight is 373 g/mol. The van der Waals surface area contributed by atoms with Crippen molar-refractivity contribution in [1.82, 2.24) is 10.6 Å². The number of nitrogens with one attached hydrogen (secondary N) is 2. The van der Waals surface area contributed by atoms with Crippen molar-refractivity contribution in [1.29, 1.82) is 0 Å². The first-order valence-electron chi connectivity index (χ1n) is 7.92. The highest BCUT2D eigenvalue weighted by molar-refractivity contribution is 6.34. The second-order valence-corrected chi connectivity index (χ2v) is 6.60. The highest BCUT2D eigenvalue weighted by atomic mass is 35.5. The van der Waals surface area contributed by atoms with Crippen LogP contribution in [0.4, 0.5) is 10.5 Å². The monoisotopic (exact) mass is 372 g/mol. The Hall–Kier alpha value is -1.50. The lowest BCUT2D eigenvalue weighted by molar-refractivity contribution is 0.0903. The number of carbonyl (C=O) groups is 2. The minimum absolute atomic E-state index is 0. The van der Waals surface area contributed by atoms with Gasteiger partial charge >= 0.3 is 6.03 Å². The third-order valence-electron chi connectivity index (χ3n) is 4.69. The van der Waals surface area contributed by atoms with Crippen LogP contribution < -0.4 is 21.3 Å². The summed E-state index contributed by atoms with van der Waals surface area (Å²) in [6, 6.07) is 4.80. The molecule has 1 aliphatic carbocycles. The first kappa shape index (κ1) is 18.8. The number of rotatable bonds is 4. The van der Waals surface area contributed by atoms with Gasteiger partial charge < -0.3 is 16.4 Å². The summed E-state index contributed by atoms with van der Waals surface area (Å²) in [6.45, 7) is 1.55. The fourth-order valence-electron chi connectivity index (χ4n) is 3.31. The molecule has 1 saturated heterocycles. The van der Waals surface area contributed by atoms with Crippen LogP contribution in [0.3, 0.4) is 0 Å². The van der Waals surface area contributed by atoms with Crippen LogP contribution in [0.25, 0.3) is 0 Å². The van der Waals surface area contributed by atoms with Gasteiger partial charge in [0.2, 0.25) is 0 Å². The molecule has 3 rings (SSSR count). The molecule has 2 fully saturated rings. The maximum absolute atomic E-state index is 12.6. The minimum Gasteiger partial charge on any atom is -0.345 e. The number of carbonyl (C=O) groups excluding carboxylic acids is 2. The molecule has 24 heavy (non-hydrogen) atoms. The van der Waals surface area contributed by atoms with E-state index in [1.54, 1.807) is 23.1 Å². The molecule has 3 amide bonds. The van der Waals surface area contributed by atoms with Gasteiger partial charge in [-0.2, -0.15) is 0 Å². The van der Waals surface area contributed by atoms with Crippen molar-refractivity contribution in [2.45, 2.75) is 31.2 Å². The summed E-state index contributed by atoms with van der Waals surface area (Å²) in [5, 5.41) is 6.26. The Balaban J connectivity index is 0.00000208. The van der Waals surface area contributed by atoms with Gasteiger partial charge in [-0.15, -0.1) is 12.4 Å². The zero-order valence-electron chi connectivity index (χ0n) is 13.3. The molecule has 1 aromatic carbocycles. The third kappa shape index (κ3) is 3.61. The van der Waals surface area contributed by atoms with Gasteiger partial charge in [-0.05, 0) is 31.0 Å². The molecule has 132 valence electrons. The van der Waals surface area contributed by atoms with Gasteiger partial charge in [0.25, 0.3) is 5.91 Å². The third-order valence-corrected chi connectivity index (χ3v) is 5.01. The van der Waals surface area contributed by atoms with E-state index in [0.717, 1.165) is 25.7 Å². The maximum atomic E-state index is 12.6. The summed E-state index contributed by atoms with van der Waals surface area (Å²) in [5.74, 6) is -0.171. The summed E-state index contributed by atoms with van der Waals surface area (Å²) in [4.78, 5) is 26.0. The lowest BCUT2D eigenvalue weighted by Crippen LogP contribution is -2.51. The minimum atomic E-state index is -0.304. The van der Waals surface area contributed by atoms with Crippen LogP contribution in [-0.4, -0.2) is 37.1 Å². The number of halogens is 2. The summed E-state index contributed by atoms with van der Waals surface area (Å²) in [5.41, 5.74) is 6.61. The highest BCUT2D eigenvalue weighted by Crippen LogP contribution is 2.31. The normalized spacial score (nSPS) is 18.9. The number of hydrogen-bond donors (Lipinski definition) is 3. The standard InChI is InChI=1S/C16H21ClN4O2.ClH/c17-12-4-3-11(9-13(12)21-8-7-19-15(21)23)14(22)20-16(10-18)5-1-2-6-16;/h3-4,9H,1-2,5-8,10,18H2,(H,19,23)(H,20,22);1H. The van der Waals surface area contributed by atoms with Crippen molar-refractivity contribution in [2.24, 2.45) is 5.73 Å². The Morgan fingerprint density at radius 2 is 2.08 bits per heavy atom. The van der Waals surface area contributed by atoms with Crippen molar-refractivity contribution in [3.05, 3.63) is 28.8 Å². The van der Waals surface area contributed by atoms with Crippen molar-refractivity contribution in [2.75, 3.05) is 24.5 Å². The van der Waals surface area contributed by atoms with E-state index in [2.05, 4.69) is 10.6 Å². The van der Waals surface area contributed by atoms with Crippen LogP contribution in [0, 0.1) is 0 Å². The number of urea groups is 1. The molecule has 0 aromatic heterocycles. The summed E-state index contributed by atoms with van der Waals surface area (Å²) in [6.07, 6.45) is 3.98. The van der Waals surface area contributed by atoms with Gasteiger partial charge in [-0.1, -0.05) is 24.4 Å². The number of amides is 3. The molecule has 1 aliphatic heterocycles. The van der Waals surface area contributed by atoms with E-state index in [9.17, 15) is 9.59 Å². The predicted octanol–water partition coefficient (Wildman–Crippen LogP) is 2.29. The molecule has 0 unspecified atom stereocenters. The number of nitrogens with two attached hydrogens (primary N) is 1. The van der Waals surface area contributed by atoms with Gasteiger partial charge in [0.15, 0.2) is 0 Å². The molecule has 0 radical (unpaired) electrons. The molecular formula is C16H22Cl2N4O2.